The summed E-state index contributed by atoms with van der Waals surface area (Å²) in [6.45, 7) is 0.700. The van der Waals surface area contributed by atoms with Crippen LogP contribution in [0.1, 0.15) is 28.8 Å². The Bertz CT molecular complexity index is 1130. The zero-order valence-corrected chi connectivity index (χ0v) is 18.7. The molecule has 1 amide bonds. The van der Waals surface area contributed by atoms with Crippen LogP contribution in [0.2, 0.25) is 0 Å². The lowest BCUT2D eigenvalue weighted by atomic mass is 10.0. The number of benzene rings is 2. The van der Waals surface area contributed by atoms with Gasteiger partial charge in [-0.05, 0) is 61.2 Å². The van der Waals surface area contributed by atoms with Gasteiger partial charge in [0, 0.05) is 29.7 Å². The minimum atomic E-state index is -3.74. The molecular weight excluding hydrogens is 434 g/mol. The Morgan fingerprint density at radius 1 is 1.19 bits per heavy atom. The number of likely N-dealkylation sites (tertiary alicyclic amines) is 1. The second-order valence-corrected chi connectivity index (χ2v) is 9.89. The summed E-state index contributed by atoms with van der Waals surface area (Å²) >= 11 is 1.20. The molecule has 1 fully saturated rings. The molecule has 7 nitrogen and oxygen atoms in total. The predicted molar refractivity (Wildman–Crippen MR) is 120 cm³/mol. The maximum Gasteiger partial charge on any atom is 0.263 e. The third kappa shape index (κ3) is 4.88. The van der Waals surface area contributed by atoms with Gasteiger partial charge in [-0.15, -0.1) is 11.3 Å². The normalized spacial score (nSPS) is 16.3. The summed E-state index contributed by atoms with van der Waals surface area (Å²) in [4.78, 5) is 19.0. The van der Waals surface area contributed by atoms with Gasteiger partial charge in [0.15, 0.2) is 5.13 Å². The number of thiazole rings is 1. The predicted octanol–water partition coefficient (Wildman–Crippen LogP) is 3.80. The van der Waals surface area contributed by atoms with Gasteiger partial charge in [-0.3, -0.25) is 9.52 Å². The summed E-state index contributed by atoms with van der Waals surface area (Å²) in [5.41, 5.74) is 1.63. The van der Waals surface area contributed by atoms with Crippen LogP contribution in [0, 0.1) is 0 Å². The summed E-state index contributed by atoms with van der Waals surface area (Å²) in [6.07, 6.45) is 4.21. The summed E-state index contributed by atoms with van der Waals surface area (Å²) < 4.78 is 32.6. The van der Waals surface area contributed by atoms with Crippen molar-refractivity contribution in [3.8, 4) is 5.75 Å². The van der Waals surface area contributed by atoms with Crippen LogP contribution in [0.3, 0.4) is 0 Å². The van der Waals surface area contributed by atoms with Crippen LogP contribution in [0.5, 0.6) is 5.75 Å². The van der Waals surface area contributed by atoms with Gasteiger partial charge in [0.1, 0.15) is 5.75 Å². The fourth-order valence-corrected chi connectivity index (χ4v) is 5.53. The third-order valence-corrected chi connectivity index (χ3v) is 7.51. The molecule has 162 valence electrons. The molecule has 1 saturated heterocycles. The van der Waals surface area contributed by atoms with E-state index in [9.17, 15) is 13.2 Å². The monoisotopic (exact) mass is 457 g/mol. The van der Waals surface area contributed by atoms with Crippen molar-refractivity contribution in [3.63, 3.8) is 0 Å². The lowest BCUT2D eigenvalue weighted by Crippen LogP contribution is -2.36. The minimum absolute atomic E-state index is 0.0761. The molecule has 1 aliphatic heterocycles. The molecule has 3 aromatic rings. The molecule has 0 saturated carbocycles. The van der Waals surface area contributed by atoms with Gasteiger partial charge in [-0.1, -0.05) is 12.1 Å². The Morgan fingerprint density at radius 3 is 2.58 bits per heavy atom. The first-order valence-electron chi connectivity index (χ1n) is 9.92. The van der Waals surface area contributed by atoms with Crippen LogP contribution < -0.4 is 9.46 Å². The molecule has 1 aromatic heterocycles. The number of sulfonamides is 1. The van der Waals surface area contributed by atoms with E-state index < -0.39 is 10.0 Å². The van der Waals surface area contributed by atoms with E-state index in [4.69, 9.17) is 4.74 Å². The van der Waals surface area contributed by atoms with Crippen LogP contribution in [-0.4, -0.2) is 43.9 Å². The van der Waals surface area contributed by atoms with Gasteiger partial charge in [0.25, 0.3) is 15.9 Å². The summed E-state index contributed by atoms with van der Waals surface area (Å²) in [7, 11) is -2.10. The molecule has 2 heterocycles. The van der Waals surface area contributed by atoms with Crippen molar-refractivity contribution in [2.75, 3.05) is 18.4 Å². The number of ether oxygens (including phenoxy) is 1. The Balaban J connectivity index is 1.45. The Kier molecular flexibility index (Phi) is 6.24. The standard InChI is InChI=1S/C22H23N3O4S2/c1-29-19-8-4-16(5-9-19)15-18-3-2-13-25(18)21(26)17-6-10-20(11-7-17)31(27,28)24-22-23-12-14-30-22/h4-12,14,18H,2-3,13,15H2,1H3,(H,23,24). The van der Waals surface area contributed by atoms with E-state index in [1.54, 1.807) is 24.6 Å². The van der Waals surface area contributed by atoms with E-state index in [0.29, 0.717) is 17.2 Å². The molecule has 1 aliphatic rings. The van der Waals surface area contributed by atoms with Crippen LogP contribution in [0.15, 0.2) is 65.0 Å². The minimum Gasteiger partial charge on any atom is -0.497 e. The maximum absolute atomic E-state index is 13.1. The van der Waals surface area contributed by atoms with Gasteiger partial charge >= 0.3 is 0 Å². The van der Waals surface area contributed by atoms with Crippen molar-refractivity contribution in [2.45, 2.75) is 30.2 Å². The third-order valence-electron chi connectivity index (χ3n) is 5.33. The van der Waals surface area contributed by atoms with E-state index >= 15 is 0 Å². The highest BCUT2D eigenvalue weighted by atomic mass is 32.2. The van der Waals surface area contributed by atoms with Crippen molar-refractivity contribution >= 4 is 32.4 Å². The molecule has 31 heavy (non-hydrogen) atoms. The summed E-state index contributed by atoms with van der Waals surface area (Å²) in [5.74, 6) is 0.732. The van der Waals surface area contributed by atoms with Crippen LogP contribution in [-0.2, 0) is 16.4 Å². The molecule has 1 unspecified atom stereocenters. The number of hydrogen-bond acceptors (Lipinski definition) is 6. The van der Waals surface area contributed by atoms with Gasteiger partial charge in [0.05, 0.1) is 12.0 Å². The second kappa shape index (κ2) is 9.07. The molecule has 0 bridgehead atoms. The van der Waals surface area contributed by atoms with E-state index in [-0.39, 0.29) is 16.8 Å². The smallest absolute Gasteiger partial charge is 0.263 e. The number of anilines is 1. The number of methoxy groups -OCH3 is 1. The largest absolute Gasteiger partial charge is 0.497 e. The average molecular weight is 458 g/mol. The molecule has 1 N–H and O–H groups in total. The number of nitrogens with one attached hydrogen (secondary N) is 1. The van der Waals surface area contributed by atoms with E-state index in [2.05, 4.69) is 9.71 Å². The summed E-state index contributed by atoms with van der Waals surface area (Å²) in [6, 6.07) is 14.1. The van der Waals surface area contributed by atoms with Crippen molar-refractivity contribution in [1.29, 1.82) is 0 Å². The first-order chi connectivity index (χ1) is 15.0. The molecule has 4 rings (SSSR count). The fourth-order valence-electron chi connectivity index (χ4n) is 3.74. The number of carbonyl (C=O) groups excluding carboxylic acids is 1. The zero-order chi connectivity index (χ0) is 21.8. The lowest BCUT2D eigenvalue weighted by molar-refractivity contribution is 0.0736. The average Bonchev–Trinajstić information content (AvgIpc) is 3.46. The summed E-state index contributed by atoms with van der Waals surface area (Å²) in [5, 5.41) is 2.00. The highest BCUT2D eigenvalue weighted by molar-refractivity contribution is 7.93. The number of carbonyl (C=O) groups is 1. The molecule has 2 aromatic carbocycles. The first kappa shape index (κ1) is 21.3. The van der Waals surface area contributed by atoms with Crippen LogP contribution in [0.25, 0.3) is 0 Å². The molecule has 0 aliphatic carbocycles. The Labute approximate surface area is 185 Å². The fraction of sp³-hybridized carbons (Fsp3) is 0.273. The first-order valence-corrected chi connectivity index (χ1v) is 12.3. The zero-order valence-electron chi connectivity index (χ0n) is 17.0. The molecular formula is C22H23N3O4S2. The topological polar surface area (TPSA) is 88.6 Å². The quantitative estimate of drug-likeness (QED) is 0.583. The second-order valence-electron chi connectivity index (χ2n) is 7.31. The van der Waals surface area contributed by atoms with Gasteiger partial charge in [0.2, 0.25) is 0 Å². The lowest BCUT2D eigenvalue weighted by Gasteiger charge is -2.25. The maximum atomic E-state index is 13.1. The van der Waals surface area contributed by atoms with E-state index in [1.807, 2.05) is 29.2 Å². The molecule has 1 atom stereocenters. The van der Waals surface area contributed by atoms with Crippen molar-refractivity contribution in [1.82, 2.24) is 9.88 Å². The molecule has 0 radical (unpaired) electrons. The van der Waals surface area contributed by atoms with Gasteiger partial charge in [-0.25, -0.2) is 13.4 Å². The van der Waals surface area contributed by atoms with Crippen LogP contribution in [0.4, 0.5) is 5.13 Å². The van der Waals surface area contributed by atoms with Crippen molar-refractivity contribution in [3.05, 3.63) is 71.2 Å². The number of rotatable bonds is 7. The number of aromatic nitrogens is 1. The highest BCUT2D eigenvalue weighted by Gasteiger charge is 2.29. The SMILES string of the molecule is COc1ccc(CC2CCCN2C(=O)c2ccc(S(=O)(=O)Nc3nccs3)cc2)cc1. The number of nitrogens with zero attached hydrogens (tertiary/aromatic N) is 2. The molecule has 0 spiro atoms. The van der Waals surface area contributed by atoms with Gasteiger partial charge < -0.3 is 9.64 Å². The highest BCUT2D eigenvalue weighted by Crippen LogP contribution is 2.25. The number of amides is 1. The van der Waals surface area contributed by atoms with Crippen molar-refractivity contribution < 1.29 is 17.9 Å². The number of hydrogen-bond donors (Lipinski definition) is 1. The Morgan fingerprint density at radius 2 is 1.94 bits per heavy atom. The molecule has 9 heteroatoms. The van der Waals surface area contributed by atoms with Crippen LogP contribution >= 0.6 is 11.3 Å². The van der Waals surface area contributed by atoms with Gasteiger partial charge in [-0.2, -0.15) is 0 Å². The van der Waals surface area contributed by atoms with E-state index in [0.717, 1.165) is 30.6 Å². The van der Waals surface area contributed by atoms with Crippen molar-refractivity contribution in [2.24, 2.45) is 0 Å². The Hall–Kier alpha value is -2.91. The van der Waals surface area contributed by atoms with E-state index in [1.165, 1.54) is 29.7 Å².